The van der Waals surface area contributed by atoms with Crippen molar-refractivity contribution in [2.75, 3.05) is 20.3 Å². The van der Waals surface area contributed by atoms with Crippen LogP contribution in [0, 0.1) is 5.92 Å². The minimum atomic E-state index is -0.599. The zero-order valence-corrected chi connectivity index (χ0v) is 7.75. The fraction of sp³-hybridized carbons (Fsp3) is 1.00. The van der Waals surface area contributed by atoms with Crippen LogP contribution < -0.4 is 5.73 Å². The van der Waals surface area contributed by atoms with Gasteiger partial charge in [0, 0.05) is 20.3 Å². The highest BCUT2D eigenvalue weighted by molar-refractivity contribution is 4.92. The van der Waals surface area contributed by atoms with Crippen LogP contribution in [0.3, 0.4) is 0 Å². The summed E-state index contributed by atoms with van der Waals surface area (Å²) in [6, 6.07) is 0. The topological polar surface area (TPSA) is 55.5 Å². The predicted octanol–water partition coefficient (Wildman–Crippen LogP) is 0.513. The number of hydrogen-bond acceptors (Lipinski definition) is 3. The maximum atomic E-state index is 10.0. The highest BCUT2D eigenvalue weighted by atomic mass is 16.5. The van der Waals surface area contributed by atoms with E-state index in [4.69, 9.17) is 10.5 Å². The van der Waals surface area contributed by atoms with Gasteiger partial charge < -0.3 is 15.6 Å². The van der Waals surface area contributed by atoms with Gasteiger partial charge in [0.15, 0.2) is 0 Å². The lowest BCUT2D eigenvalue weighted by Crippen LogP contribution is -2.41. The molecule has 3 N–H and O–H groups in total. The number of ether oxygens (including phenoxy) is 1. The first-order valence-corrected chi connectivity index (χ1v) is 4.64. The van der Waals surface area contributed by atoms with E-state index in [-0.39, 0.29) is 0 Å². The minimum Gasteiger partial charge on any atom is -0.388 e. The van der Waals surface area contributed by atoms with Gasteiger partial charge in [-0.3, -0.25) is 0 Å². The van der Waals surface area contributed by atoms with E-state index < -0.39 is 5.60 Å². The lowest BCUT2D eigenvalue weighted by molar-refractivity contribution is -0.000541. The third kappa shape index (κ3) is 1.97. The standard InChI is InChI=1S/C9H19NO2/c1-12-6-4-8-3-2-5-9(8,11)7-10/h8,11H,2-7,10H2,1H3. The van der Waals surface area contributed by atoms with Crippen molar-refractivity contribution in [3.63, 3.8) is 0 Å². The van der Waals surface area contributed by atoms with Gasteiger partial charge in [-0.25, -0.2) is 0 Å². The average Bonchev–Trinajstić information content (AvgIpc) is 2.45. The van der Waals surface area contributed by atoms with Crippen LogP contribution >= 0.6 is 0 Å². The first-order valence-electron chi connectivity index (χ1n) is 4.64. The van der Waals surface area contributed by atoms with E-state index in [2.05, 4.69) is 0 Å². The third-order valence-corrected chi connectivity index (χ3v) is 2.95. The number of nitrogens with two attached hydrogens (primary N) is 1. The van der Waals surface area contributed by atoms with Gasteiger partial charge in [-0.2, -0.15) is 0 Å². The van der Waals surface area contributed by atoms with Crippen LogP contribution in [-0.4, -0.2) is 31.0 Å². The molecule has 1 fully saturated rings. The van der Waals surface area contributed by atoms with Gasteiger partial charge in [-0.15, -0.1) is 0 Å². The maximum Gasteiger partial charge on any atom is 0.0798 e. The summed E-state index contributed by atoms with van der Waals surface area (Å²) < 4.78 is 4.99. The molecule has 3 heteroatoms. The Bertz CT molecular complexity index is 140. The molecule has 0 saturated heterocycles. The Labute approximate surface area is 73.9 Å². The molecule has 1 aliphatic carbocycles. The number of hydrogen-bond donors (Lipinski definition) is 2. The number of rotatable bonds is 4. The molecule has 0 aromatic carbocycles. The van der Waals surface area contributed by atoms with Gasteiger partial charge >= 0.3 is 0 Å². The first-order chi connectivity index (χ1) is 5.73. The molecule has 1 aliphatic rings. The summed E-state index contributed by atoms with van der Waals surface area (Å²) in [6.45, 7) is 1.12. The Balaban J connectivity index is 2.40. The van der Waals surface area contributed by atoms with Gasteiger partial charge in [0.2, 0.25) is 0 Å². The lowest BCUT2D eigenvalue weighted by atomic mass is 9.88. The Morgan fingerprint density at radius 1 is 1.67 bits per heavy atom. The molecule has 12 heavy (non-hydrogen) atoms. The van der Waals surface area contributed by atoms with E-state index in [9.17, 15) is 5.11 Å². The first kappa shape index (κ1) is 9.96. The van der Waals surface area contributed by atoms with E-state index in [0.29, 0.717) is 12.5 Å². The maximum absolute atomic E-state index is 10.0. The molecular formula is C9H19NO2. The number of aliphatic hydroxyl groups is 1. The van der Waals surface area contributed by atoms with Gasteiger partial charge in [0.05, 0.1) is 5.60 Å². The summed E-state index contributed by atoms with van der Waals surface area (Å²) in [5, 5.41) is 10.0. The smallest absolute Gasteiger partial charge is 0.0798 e. The Morgan fingerprint density at radius 3 is 3.00 bits per heavy atom. The molecule has 0 bridgehead atoms. The van der Waals surface area contributed by atoms with Gasteiger partial charge in [0.1, 0.15) is 0 Å². The fourth-order valence-electron chi connectivity index (χ4n) is 2.07. The van der Waals surface area contributed by atoms with Gasteiger partial charge in [0.25, 0.3) is 0 Å². The summed E-state index contributed by atoms with van der Waals surface area (Å²) in [5.74, 6) is 0.349. The summed E-state index contributed by atoms with van der Waals surface area (Å²) in [6.07, 6.45) is 3.99. The van der Waals surface area contributed by atoms with Crippen molar-refractivity contribution in [3.8, 4) is 0 Å². The second-order valence-electron chi connectivity index (χ2n) is 3.68. The Hall–Kier alpha value is -0.120. The molecule has 2 unspecified atom stereocenters. The molecule has 0 radical (unpaired) electrons. The number of methoxy groups -OCH3 is 1. The second kappa shape index (κ2) is 4.21. The molecule has 72 valence electrons. The molecule has 0 spiro atoms. The minimum absolute atomic E-state index is 0.349. The molecule has 0 heterocycles. The Kier molecular flexibility index (Phi) is 3.50. The molecule has 0 amide bonds. The highest BCUT2D eigenvalue weighted by Crippen LogP contribution is 2.36. The van der Waals surface area contributed by atoms with Gasteiger partial charge in [-0.05, 0) is 25.2 Å². The average molecular weight is 173 g/mol. The van der Waals surface area contributed by atoms with Gasteiger partial charge in [-0.1, -0.05) is 6.42 Å². The van der Waals surface area contributed by atoms with Crippen molar-refractivity contribution in [2.45, 2.75) is 31.3 Å². The molecule has 3 nitrogen and oxygen atoms in total. The second-order valence-corrected chi connectivity index (χ2v) is 3.68. The molecule has 2 atom stereocenters. The van der Waals surface area contributed by atoms with E-state index in [0.717, 1.165) is 32.3 Å². The van der Waals surface area contributed by atoms with Crippen LogP contribution in [0.5, 0.6) is 0 Å². The molecule has 1 rings (SSSR count). The van der Waals surface area contributed by atoms with E-state index in [1.807, 2.05) is 0 Å². The zero-order chi connectivity index (χ0) is 9.03. The van der Waals surface area contributed by atoms with Crippen molar-refractivity contribution in [2.24, 2.45) is 11.7 Å². The SMILES string of the molecule is COCCC1CCCC1(O)CN. The van der Waals surface area contributed by atoms with Crippen LogP contribution in [0.25, 0.3) is 0 Å². The van der Waals surface area contributed by atoms with E-state index in [1.54, 1.807) is 7.11 Å². The molecule has 0 aromatic heterocycles. The summed E-state index contributed by atoms with van der Waals surface area (Å²) in [4.78, 5) is 0. The monoisotopic (exact) mass is 173 g/mol. The van der Waals surface area contributed by atoms with E-state index in [1.165, 1.54) is 0 Å². The highest BCUT2D eigenvalue weighted by Gasteiger charge is 2.39. The van der Waals surface area contributed by atoms with Crippen LogP contribution in [0.2, 0.25) is 0 Å². The fourth-order valence-corrected chi connectivity index (χ4v) is 2.07. The molecule has 0 aliphatic heterocycles. The summed E-state index contributed by atoms with van der Waals surface area (Å²) >= 11 is 0. The van der Waals surface area contributed by atoms with Crippen LogP contribution in [0.1, 0.15) is 25.7 Å². The Morgan fingerprint density at radius 2 is 2.42 bits per heavy atom. The normalized spacial score (nSPS) is 35.8. The molecular weight excluding hydrogens is 154 g/mol. The van der Waals surface area contributed by atoms with Crippen LogP contribution in [-0.2, 0) is 4.74 Å². The van der Waals surface area contributed by atoms with E-state index >= 15 is 0 Å². The van der Waals surface area contributed by atoms with Crippen molar-refractivity contribution in [1.82, 2.24) is 0 Å². The summed E-state index contributed by atoms with van der Waals surface area (Å²) in [5.41, 5.74) is 4.94. The summed E-state index contributed by atoms with van der Waals surface area (Å²) in [7, 11) is 1.69. The van der Waals surface area contributed by atoms with Crippen molar-refractivity contribution in [1.29, 1.82) is 0 Å². The quantitative estimate of drug-likeness (QED) is 0.651. The van der Waals surface area contributed by atoms with Crippen molar-refractivity contribution < 1.29 is 9.84 Å². The molecule has 0 aromatic rings. The third-order valence-electron chi connectivity index (χ3n) is 2.95. The van der Waals surface area contributed by atoms with Crippen LogP contribution in [0.15, 0.2) is 0 Å². The molecule has 1 saturated carbocycles. The van der Waals surface area contributed by atoms with Crippen LogP contribution in [0.4, 0.5) is 0 Å². The largest absolute Gasteiger partial charge is 0.388 e. The van der Waals surface area contributed by atoms with Crippen molar-refractivity contribution in [3.05, 3.63) is 0 Å². The lowest BCUT2D eigenvalue weighted by Gasteiger charge is -2.28. The van der Waals surface area contributed by atoms with Crippen molar-refractivity contribution >= 4 is 0 Å². The predicted molar refractivity (Wildman–Crippen MR) is 47.8 cm³/mol. The zero-order valence-electron chi connectivity index (χ0n) is 7.75.